The van der Waals surface area contributed by atoms with Gasteiger partial charge in [0.25, 0.3) is 0 Å². The number of tetrazole rings is 1. The van der Waals surface area contributed by atoms with Crippen molar-refractivity contribution in [2.24, 2.45) is 0 Å². The monoisotopic (exact) mass is 428 g/mol. The summed E-state index contributed by atoms with van der Waals surface area (Å²) >= 11 is 6.35. The molecule has 0 amide bonds. The molecule has 31 heavy (non-hydrogen) atoms. The second kappa shape index (κ2) is 6.92. The number of rotatable bonds is 2. The first-order valence-corrected chi connectivity index (χ1v) is 10.3. The molecule has 4 heterocycles. The third-order valence-electron chi connectivity index (χ3n) is 5.64. The van der Waals surface area contributed by atoms with Crippen LogP contribution in [0, 0.1) is 6.92 Å². The summed E-state index contributed by atoms with van der Waals surface area (Å²) in [6.07, 6.45) is 3.26. The Hall–Kier alpha value is -3.71. The first-order chi connectivity index (χ1) is 15.2. The molecule has 2 aromatic carbocycles. The van der Waals surface area contributed by atoms with Crippen LogP contribution in [0.3, 0.4) is 0 Å². The van der Waals surface area contributed by atoms with E-state index < -0.39 is 0 Å². The van der Waals surface area contributed by atoms with Gasteiger partial charge in [-0.1, -0.05) is 52.6 Å². The highest BCUT2D eigenvalue weighted by molar-refractivity contribution is 6.30. The van der Waals surface area contributed by atoms with Crippen molar-refractivity contribution in [3.05, 3.63) is 99.8 Å². The Labute approximate surface area is 183 Å². The smallest absolute Gasteiger partial charge is 0.248 e. The quantitative estimate of drug-likeness (QED) is 0.503. The van der Waals surface area contributed by atoms with Gasteiger partial charge in [0.05, 0.1) is 5.70 Å². The van der Waals surface area contributed by atoms with Gasteiger partial charge in [0, 0.05) is 28.6 Å². The number of nitrogens with zero attached hydrogens (tertiary/aromatic N) is 5. The molecule has 152 valence electrons. The van der Waals surface area contributed by atoms with Gasteiger partial charge in [-0.25, -0.2) is 0 Å². The number of ether oxygens (including phenoxy) is 1. The van der Waals surface area contributed by atoms with E-state index in [1.807, 2.05) is 42.6 Å². The molecule has 0 saturated carbocycles. The van der Waals surface area contributed by atoms with Gasteiger partial charge in [0.15, 0.2) is 0 Å². The Balaban J connectivity index is 1.65. The van der Waals surface area contributed by atoms with E-state index in [1.165, 1.54) is 0 Å². The van der Waals surface area contributed by atoms with E-state index in [9.17, 15) is 0 Å². The fourth-order valence-corrected chi connectivity index (χ4v) is 4.50. The molecule has 0 saturated heterocycles. The van der Waals surface area contributed by atoms with Crippen LogP contribution in [0.4, 0.5) is 5.95 Å². The summed E-state index contributed by atoms with van der Waals surface area (Å²) < 4.78 is 8.36. The van der Waals surface area contributed by atoms with Gasteiger partial charge in [-0.3, -0.25) is 4.98 Å². The number of hydrogen-bond acceptors (Lipinski definition) is 6. The van der Waals surface area contributed by atoms with E-state index in [4.69, 9.17) is 16.3 Å². The maximum absolute atomic E-state index is 6.58. The van der Waals surface area contributed by atoms with Crippen molar-refractivity contribution >= 4 is 23.2 Å². The molecule has 0 fully saturated rings. The largest absolute Gasteiger partial charge is 0.480 e. The summed E-state index contributed by atoms with van der Waals surface area (Å²) in [5.41, 5.74) is 5.99. The Bertz CT molecular complexity index is 1330. The van der Waals surface area contributed by atoms with Crippen LogP contribution < -0.4 is 10.1 Å². The fourth-order valence-electron chi connectivity index (χ4n) is 4.33. The summed E-state index contributed by atoms with van der Waals surface area (Å²) in [5, 5.41) is 16.4. The van der Waals surface area contributed by atoms with Crippen LogP contribution in [0.25, 0.3) is 5.70 Å². The molecule has 2 aromatic heterocycles. The van der Waals surface area contributed by atoms with Crippen molar-refractivity contribution in [3.63, 3.8) is 0 Å². The number of aromatic nitrogens is 5. The third kappa shape index (κ3) is 2.89. The molecule has 2 aliphatic heterocycles. The zero-order chi connectivity index (χ0) is 20.9. The average Bonchev–Trinajstić information content (AvgIpc) is 3.26. The molecule has 4 aromatic rings. The van der Waals surface area contributed by atoms with Crippen LogP contribution in [0.1, 0.15) is 34.4 Å². The van der Waals surface area contributed by atoms with Crippen molar-refractivity contribution in [2.45, 2.75) is 19.1 Å². The van der Waals surface area contributed by atoms with Crippen molar-refractivity contribution in [1.82, 2.24) is 25.2 Å². The topological polar surface area (TPSA) is 77.8 Å². The van der Waals surface area contributed by atoms with Gasteiger partial charge in [-0.05, 0) is 52.7 Å². The molecule has 1 N–H and O–H groups in total. The molecule has 2 aliphatic rings. The van der Waals surface area contributed by atoms with E-state index in [1.54, 1.807) is 10.9 Å². The summed E-state index contributed by atoms with van der Waals surface area (Å²) in [4.78, 5) is 4.34. The minimum absolute atomic E-state index is 0.285. The predicted molar refractivity (Wildman–Crippen MR) is 117 cm³/mol. The molecule has 2 atom stereocenters. The van der Waals surface area contributed by atoms with Crippen molar-refractivity contribution in [1.29, 1.82) is 0 Å². The van der Waals surface area contributed by atoms with Gasteiger partial charge >= 0.3 is 0 Å². The molecular weight excluding hydrogens is 412 g/mol. The molecule has 2 unspecified atom stereocenters. The number of benzene rings is 2. The van der Waals surface area contributed by atoms with Gasteiger partial charge in [-0.15, -0.1) is 0 Å². The standard InChI is InChI=1S/C23H17ClN6O/c1-13-4-2-5-14(10-13)22-19-20(17-11-16(24)7-8-18(17)31-22)26-23-27-28-29-30(23)21(19)15-6-3-9-25-12-15/h2-12,21-22H,1H3,(H,26,27,29). The summed E-state index contributed by atoms with van der Waals surface area (Å²) in [6, 6.07) is 17.7. The lowest BCUT2D eigenvalue weighted by Crippen LogP contribution is -2.32. The highest BCUT2D eigenvalue weighted by Gasteiger charge is 2.41. The first-order valence-electron chi connectivity index (χ1n) is 9.91. The van der Waals surface area contributed by atoms with E-state index in [0.717, 1.165) is 39.3 Å². The fraction of sp³-hybridized carbons (Fsp3) is 0.130. The molecule has 0 radical (unpaired) electrons. The zero-order valence-electron chi connectivity index (χ0n) is 16.5. The number of anilines is 1. The van der Waals surface area contributed by atoms with E-state index in [2.05, 4.69) is 50.9 Å². The number of halogens is 1. The van der Waals surface area contributed by atoms with Crippen LogP contribution >= 0.6 is 11.6 Å². The Morgan fingerprint density at radius 1 is 1.06 bits per heavy atom. The van der Waals surface area contributed by atoms with Crippen LogP contribution in [0.2, 0.25) is 5.02 Å². The molecule has 8 heteroatoms. The average molecular weight is 429 g/mol. The SMILES string of the molecule is Cc1cccc(C2Oc3ccc(Cl)cc3C3=C2C(c2cccnc2)n2nnnc2N3)c1. The maximum Gasteiger partial charge on any atom is 0.248 e. The normalized spacial score (nSPS) is 19.0. The molecular formula is C23H17ClN6O. The van der Waals surface area contributed by atoms with Gasteiger partial charge in [0.1, 0.15) is 17.9 Å². The lowest BCUT2D eigenvalue weighted by molar-refractivity contribution is 0.222. The van der Waals surface area contributed by atoms with Crippen molar-refractivity contribution in [3.8, 4) is 5.75 Å². The van der Waals surface area contributed by atoms with E-state index in [-0.39, 0.29) is 12.1 Å². The molecule has 0 spiro atoms. The van der Waals surface area contributed by atoms with Gasteiger partial charge in [-0.2, -0.15) is 4.68 Å². The van der Waals surface area contributed by atoms with Crippen LogP contribution in [0.15, 0.2) is 72.6 Å². The maximum atomic E-state index is 6.58. The second-order valence-electron chi connectivity index (χ2n) is 7.64. The van der Waals surface area contributed by atoms with Crippen molar-refractivity contribution in [2.75, 3.05) is 5.32 Å². The second-order valence-corrected chi connectivity index (χ2v) is 8.08. The number of nitrogens with one attached hydrogen (secondary N) is 1. The van der Waals surface area contributed by atoms with E-state index in [0.29, 0.717) is 11.0 Å². The van der Waals surface area contributed by atoms with E-state index >= 15 is 0 Å². The molecule has 7 nitrogen and oxygen atoms in total. The Morgan fingerprint density at radius 3 is 2.81 bits per heavy atom. The lowest BCUT2D eigenvalue weighted by Gasteiger charge is -2.38. The van der Waals surface area contributed by atoms with Crippen LogP contribution in [-0.4, -0.2) is 25.2 Å². The van der Waals surface area contributed by atoms with Crippen LogP contribution in [-0.2, 0) is 0 Å². The molecule has 6 rings (SSSR count). The first kappa shape index (κ1) is 18.1. The van der Waals surface area contributed by atoms with Crippen molar-refractivity contribution < 1.29 is 4.74 Å². The van der Waals surface area contributed by atoms with Crippen LogP contribution in [0.5, 0.6) is 5.75 Å². The minimum Gasteiger partial charge on any atom is -0.480 e. The Morgan fingerprint density at radius 2 is 1.97 bits per heavy atom. The lowest BCUT2D eigenvalue weighted by atomic mass is 9.85. The number of pyridine rings is 1. The minimum atomic E-state index is -0.335. The molecule has 0 bridgehead atoms. The highest BCUT2D eigenvalue weighted by Crippen LogP contribution is 2.50. The summed E-state index contributed by atoms with van der Waals surface area (Å²) in [5.74, 6) is 1.32. The number of hydrogen-bond donors (Lipinski definition) is 1. The zero-order valence-corrected chi connectivity index (χ0v) is 17.3. The number of aryl methyl sites for hydroxylation is 1. The summed E-state index contributed by atoms with van der Waals surface area (Å²) in [6.45, 7) is 2.08. The van der Waals surface area contributed by atoms with Gasteiger partial charge < -0.3 is 10.1 Å². The highest BCUT2D eigenvalue weighted by atomic mass is 35.5. The predicted octanol–water partition coefficient (Wildman–Crippen LogP) is 4.59. The van der Waals surface area contributed by atoms with Gasteiger partial charge in [0.2, 0.25) is 5.95 Å². The third-order valence-corrected chi connectivity index (χ3v) is 5.88. The summed E-state index contributed by atoms with van der Waals surface area (Å²) in [7, 11) is 0. The number of fused-ring (bicyclic) bond motifs is 3. The molecule has 0 aliphatic carbocycles. The Kier molecular flexibility index (Phi) is 4.04.